The van der Waals surface area contributed by atoms with Crippen molar-refractivity contribution < 1.29 is 9.59 Å². The lowest BCUT2D eigenvalue weighted by atomic mass is 9.99. The van der Waals surface area contributed by atoms with Gasteiger partial charge in [-0.3, -0.25) is 9.59 Å². The lowest BCUT2D eigenvalue weighted by Crippen LogP contribution is -2.44. The molecule has 0 bridgehead atoms. The van der Waals surface area contributed by atoms with Gasteiger partial charge in [0.15, 0.2) is 0 Å². The average Bonchev–Trinajstić information content (AvgIpc) is 3.13. The molecule has 1 aromatic carbocycles. The molecule has 7 heteroatoms. The Morgan fingerprint density at radius 1 is 1.23 bits per heavy atom. The Bertz CT molecular complexity index is 746. The van der Waals surface area contributed by atoms with Crippen molar-refractivity contribution >= 4 is 33.9 Å². The van der Waals surface area contributed by atoms with Gasteiger partial charge in [-0.25, -0.2) is 4.98 Å². The quantitative estimate of drug-likeness (QED) is 0.534. The van der Waals surface area contributed by atoms with Crippen LogP contribution in [0, 0.1) is 5.92 Å². The monoisotopic (exact) mass is 436 g/mol. The van der Waals surface area contributed by atoms with Crippen molar-refractivity contribution in [2.75, 3.05) is 6.54 Å². The summed E-state index contributed by atoms with van der Waals surface area (Å²) in [6, 6.07) is 6.50. The van der Waals surface area contributed by atoms with Crippen molar-refractivity contribution in [2.24, 2.45) is 17.4 Å². The van der Waals surface area contributed by atoms with E-state index < -0.39 is 0 Å². The van der Waals surface area contributed by atoms with Crippen LogP contribution < -0.4 is 16.8 Å². The molecule has 1 heterocycles. The standard InChI is InChI=1S/C19H29N3OS.C3H8.CH3NO/c1-5-13(4)16(11-20)21-18(23)8-9-19-22-15-7-6-14(12(2)3)10-17(15)24-19;1-3-2;2-1-3/h6-7,10,12-13,16H,5,8-9,11,20H2,1-4H3,(H,21,23);3H2,1-2H3;1H,(H2,2,3). The summed E-state index contributed by atoms with van der Waals surface area (Å²) in [5.74, 6) is 0.975. The minimum Gasteiger partial charge on any atom is -0.372 e. The minimum atomic E-state index is 0.0615. The van der Waals surface area contributed by atoms with Gasteiger partial charge < -0.3 is 16.8 Å². The van der Waals surface area contributed by atoms with Gasteiger partial charge in [-0.2, -0.15) is 0 Å². The third kappa shape index (κ3) is 10.2. The van der Waals surface area contributed by atoms with Gasteiger partial charge in [0, 0.05) is 25.4 Å². The Labute approximate surface area is 185 Å². The summed E-state index contributed by atoms with van der Waals surface area (Å²) in [6.07, 6.45) is 3.65. The minimum absolute atomic E-state index is 0.0615. The lowest BCUT2D eigenvalue weighted by molar-refractivity contribution is -0.122. The number of amides is 2. The number of hydrogen-bond acceptors (Lipinski definition) is 5. The Kier molecular flexibility index (Phi) is 14.7. The number of carbonyl (C=O) groups excluding carboxylic acids is 2. The van der Waals surface area contributed by atoms with Crippen LogP contribution in [0.15, 0.2) is 18.2 Å². The summed E-state index contributed by atoms with van der Waals surface area (Å²) < 4.78 is 1.20. The first-order chi connectivity index (χ1) is 14.3. The number of carbonyl (C=O) groups is 2. The largest absolute Gasteiger partial charge is 0.372 e. The van der Waals surface area contributed by atoms with Gasteiger partial charge >= 0.3 is 0 Å². The Balaban J connectivity index is 0.00000125. The van der Waals surface area contributed by atoms with Crippen LogP contribution in [0.3, 0.4) is 0 Å². The van der Waals surface area contributed by atoms with E-state index in [1.165, 1.54) is 16.7 Å². The van der Waals surface area contributed by atoms with Gasteiger partial charge in [-0.1, -0.05) is 60.5 Å². The molecule has 6 nitrogen and oxygen atoms in total. The van der Waals surface area contributed by atoms with Crippen molar-refractivity contribution in [2.45, 2.75) is 79.2 Å². The molecule has 2 unspecified atom stereocenters. The van der Waals surface area contributed by atoms with Crippen molar-refractivity contribution in [3.05, 3.63) is 28.8 Å². The number of nitrogens with two attached hydrogens (primary N) is 2. The highest BCUT2D eigenvalue weighted by molar-refractivity contribution is 7.18. The van der Waals surface area contributed by atoms with E-state index in [2.05, 4.69) is 75.8 Å². The van der Waals surface area contributed by atoms with E-state index >= 15 is 0 Å². The second-order valence-electron chi connectivity index (χ2n) is 7.63. The van der Waals surface area contributed by atoms with Crippen LogP contribution in [0.5, 0.6) is 0 Å². The van der Waals surface area contributed by atoms with Gasteiger partial charge in [0.1, 0.15) is 0 Å². The highest BCUT2D eigenvalue weighted by atomic mass is 32.1. The Morgan fingerprint density at radius 2 is 1.83 bits per heavy atom. The van der Waals surface area contributed by atoms with E-state index in [0.717, 1.165) is 16.9 Å². The number of rotatable bonds is 8. The fourth-order valence-corrected chi connectivity index (χ4v) is 3.69. The Hall–Kier alpha value is -1.99. The van der Waals surface area contributed by atoms with Crippen LogP contribution in [-0.2, 0) is 16.0 Å². The molecule has 0 radical (unpaired) electrons. The zero-order valence-electron chi connectivity index (χ0n) is 19.4. The summed E-state index contributed by atoms with van der Waals surface area (Å²) in [4.78, 5) is 25.4. The number of hydrogen-bond donors (Lipinski definition) is 3. The first-order valence-corrected chi connectivity index (χ1v) is 11.6. The molecule has 0 spiro atoms. The average molecular weight is 437 g/mol. The first kappa shape index (κ1) is 28.0. The molecule has 0 saturated heterocycles. The fourth-order valence-electron chi connectivity index (χ4n) is 2.67. The number of nitrogens with zero attached hydrogens (tertiary/aromatic N) is 1. The summed E-state index contributed by atoms with van der Waals surface area (Å²) in [7, 11) is 0. The maximum atomic E-state index is 12.2. The number of nitrogens with one attached hydrogen (secondary N) is 1. The zero-order chi connectivity index (χ0) is 23.1. The fraction of sp³-hybridized carbons (Fsp3) is 0.609. The molecule has 2 atom stereocenters. The molecule has 0 aliphatic heterocycles. The van der Waals surface area contributed by atoms with E-state index in [-0.39, 0.29) is 18.4 Å². The molecule has 2 rings (SSSR count). The number of aromatic nitrogens is 1. The van der Waals surface area contributed by atoms with Crippen molar-refractivity contribution in [1.82, 2.24) is 10.3 Å². The molecule has 0 aliphatic carbocycles. The molecule has 1 aromatic heterocycles. The maximum Gasteiger partial charge on any atom is 0.220 e. The summed E-state index contributed by atoms with van der Waals surface area (Å²) in [5, 5.41) is 4.08. The van der Waals surface area contributed by atoms with Gasteiger partial charge in [-0.15, -0.1) is 11.3 Å². The van der Waals surface area contributed by atoms with Gasteiger partial charge in [0.05, 0.1) is 15.2 Å². The van der Waals surface area contributed by atoms with Crippen LogP contribution in [0.4, 0.5) is 0 Å². The maximum absolute atomic E-state index is 12.2. The van der Waals surface area contributed by atoms with E-state index in [1.54, 1.807) is 11.3 Å². The predicted molar refractivity (Wildman–Crippen MR) is 129 cm³/mol. The van der Waals surface area contributed by atoms with E-state index in [1.807, 2.05) is 0 Å². The van der Waals surface area contributed by atoms with E-state index in [0.29, 0.717) is 31.2 Å². The molecule has 0 saturated carbocycles. The van der Waals surface area contributed by atoms with E-state index in [9.17, 15) is 4.79 Å². The number of primary amides is 1. The number of thiazole rings is 1. The summed E-state index contributed by atoms with van der Waals surface area (Å²) >= 11 is 1.69. The summed E-state index contributed by atoms with van der Waals surface area (Å²) in [5.41, 5.74) is 12.3. The normalized spacial score (nSPS) is 12.3. The number of fused-ring (bicyclic) bond motifs is 1. The molecule has 2 amide bonds. The molecular formula is C23H40N4O2S. The van der Waals surface area contributed by atoms with Gasteiger partial charge in [0.2, 0.25) is 12.3 Å². The summed E-state index contributed by atoms with van der Waals surface area (Å²) in [6.45, 7) is 13.4. The van der Waals surface area contributed by atoms with Crippen LogP contribution in [-0.4, -0.2) is 29.9 Å². The highest BCUT2D eigenvalue weighted by Gasteiger charge is 2.17. The molecule has 5 N–H and O–H groups in total. The third-order valence-corrected chi connectivity index (χ3v) is 5.70. The number of aryl methyl sites for hydroxylation is 1. The molecular weight excluding hydrogens is 396 g/mol. The molecule has 2 aromatic rings. The van der Waals surface area contributed by atoms with Gasteiger partial charge in [0.25, 0.3) is 0 Å². The smallest absolute Gasteiger partial charge is 0.220 e. The third-order valence-electron chi connectivity index (χ3n) is 4.62. The second kappa shape index (κ2) is 15.8. The van der Waals surface area contributed by atoms with Crippen molar-refractivity contribution in [3.63, 3.8) is 0 Å². The zero-order valence-corrected chi connectivity index (χ0v) is 20.2. The van der Waals surface area contributed by atoms with Crippen LogP contribution in [0.2, 0.25) is 0 Å². The first-order valence-electron chi connectivity index (χ1n) is 10.8. The van der Waals surface area contributed by atoms with Crippen molar-refractivity contribution in [1.29, 1.82) is 0 Å². The van der Waals surface area contributed by atoms with Crippen molar-refractivity contribution in [3.8, 4) is 0 Å². The lowest BCUT2D eigenvalue weighted by Gasteiger charge is -2.22. The molecule has 0 fully saturated rings. The number of benzene rings is 1. The second-order valence-corrected chi connectivity index (χ2v) is 8.74. The van der Waals surface area contributed by atoms with Crippen LogP contribution >= 0.6 is 11.3 Å². The predicted octanol–water partition coefficient (Wildman–Crippen LogP) is 4.36. The van der Waals surface area contributed by atoms with E-state index in [4.69, 9.17) is 10.5 Å². The molecule has 30 heavy (non-hydrogen) atoms. The topological polar surface area (TPSA) is 111 Å². The van der Waals surface area contributed by atoms with Crippen LogP contribution in [0.25, 0.3) is 10.2 Å². The van der Waals surface area contributed by atoms with Gasteiger partial charge in [-0.05, 0) is 29.5 Å². The highest BCUT2D eigenvalue weighted by Crippen LogP contribution is 2.26. The Morgan fingerprint density at radius 3 is 2.33 bits per heavy atom. The molecule has 170 valence electrons. The van der Waals surface area contributed by atoms with Crippen LogP contribution in [0.1, 0.15) is 77.3 Å². The SMILES string of the molecule is CCC.CCC(C)C(CN)NC(=O)CCc1nc2ccc(C(C)C)cc2s1.NC=O. The molecule has 0 aliphatic rings.